The van der Waals surface area contributed by atoms with Gasteiger partial charge in [-0.25, -0.2) is 0 Å². The van der Waals surface area contributed by atoms with Crippen LogP contribution in [0.2, 0.25) is 0 Å². The quantitative estimate of drug-likeness (QED) is 0.756. The smallest absolute Gasteiger partial charge is 0.332 e. The molecule has 15 heavy (non-hydrogen) atoms. The van der Waals surface area contributed by atoms with E-state index in [9.17, 15) is 17.4 Å². The molecule has 0 bridgehead atoms. The van der Waals surface area contributed by atoms with E-state index in [1.54, 1.807) is 13.8 Å². The molecule has 0 fully saturated rings. The van der Waals surface area contributed by atoms with E-state index in [0.717, 1.165) is 0 Å². The third-order valence-electron chi connectivity index (χ3n) is 2.76. The van der Waals surface area contributed by atoms with Crippen molar-refractivity contribution in [3.8, 4) is 5.75 Å². The second-order valence-electron chi connectivity index (χ2n) is 3.62. The highest BCUT2D eigenvalue weighted by Crippen LogP contribution is 2.34. The number of rotatable bonds is 1. The van der Waals surface area contributed by atoms with Crippen molar-refractivity contribution in [2.24, 2.45) is 0 Å². The topological polar surface area (TPSA) is 54.4 Å². The lowest BCUT2D eigenvalue weighted by Crippen LogP contribution is -2.03. The summed E-state index contributed by atoms with van der Waals surface area (Å²) in [5.41, 5.74) is 1.32. The van der Waals surface area contributed by atoms with Gasteiger partial charge in [0.1, 0.15) is 10.6 Å². The van der Waals surface area contributed by atoms with E-state index in [2.05, 4.69) is 0 Å². The Balaban J connectivity index is 3.84. The highest BCUT2D eigenvalue weighted by Gasteiger charge is 2.23. The van der Waals surface area contributed by atoms with E-state index in [-0.39, 0.29) is 21.8 Å². The average molecular weight is 232 g/mol. The lowest BCUT2D eigenvalue weighted by molar-refractivity contribution is 0.464. The molecule has 0 unspecified atom stereocenters. The van der Waals surface area contributed by atoms with Crippen molar-refractivity contribution in [3.63, 3.8) is 0 Å². The van der Waals surface area contributed by atoms with Crippen LogP contribution in [0.5, 0.6) is 5.75 Å². The number of benzene rings is 1. The van der Waals surface area contributed by atoms with Crippen LogP contribution >= 0.6 is 0 Å². The molecule has 1 N–H and O–H groups in total. The van der Waals surface area contributed by atoms with Crippen molar-refractivity contribution in [2.75, 3.05) is 0 Å². The number of phenolic OH excluding ortho intramolecular Hbond substituents is 1. The van der Waals surface area contributed by atoms with Gasteiger partial charge in [0.2, 0.25) is 0 Å². The summed E-state index contributed by atoms with van der Waals surface area (Å²) in [7, 11) is -4.74. The number of aromatic hydroxyl groups is 1. The fraction of sp³-hybridized carbons (Fsp3) is 0.400. The first-order valence-electron chi connectivity index (χ1n) is 4.42. The fourth-order valence-electron chi connectivity index (χ4n) is 1.62. The predicted molar refractivity (Wildman–Crippen MR) is 55.3 cm³/mol. The van der Waals surface area contributed by atoms with Gasteiger partial charge in [0.25, 0.3) is 0 Å². The number of hydrogen-bond acceptors (Lipinski definition) is 3. The molecule has 1 aromatic rings. The Kier molecular flexibility index (Phi) is 2.78. The number of halogens is 1. The predicted octanol–water partition coefficient (Wildman–Crippen LogP) is 2.28. The Bertz CT molecular complexity index is 489. The normalized spacial score (nSPS) is 11.8. The second kappa shape index (κ2) is 3.48. The first-order valence-corrected chi connectivity index (χ1v) is 5.80. The van der Waals surface area contributed by atoms with Gasteiger partial charge in [-0.3, -0.25) is 0 Å². The van der Waals surface area contributed by atoms with Crippen molar-refractivity contribution < 1.29 is 17.4 Å². The average Bonchev–Trinajstić information content (AvgIpc) is 2.09. The van der Waals surface area contributed by atoms with Gasteiger partial charge in [-0.05, 0) is 49.9 Å². The van der Waals surface area contributed by atoms with Crippen LogP contribution in [0.4, 0.5) is 3.89 Å². The van der Waals surface area contributed by atoms with Crippen LogP contribution in [0.3, 0.4) is 0 Å². The zero-order valence-corrected chi connectivity index (χ0v) is 9.87. The standard InChI is InChI=1S/C10H13FO3S/c1-5-7(3)10(15(11,13)14)8(4)6(2)9(5)12/h12H,1-4H3. The van der Waals surface area contributed by atoms with Crippen molar-refractivity contribution in [2.45, 2.75) is 32.6 Å². The van der Waals surface area contributed by atoms with Gasteiger partial charge in [-0.15, -0.1) is 3.89 Å². The molecule has 0 spiro atoms. The van der Waals surface area contributed by atoms with Crippen molar-refractivity contribution in [3.05, 3.63) is 22.3 Å². The Hall–Kier alpha value is -1.10. The number of hydrogen-bond donors (Lipinski definition) is 1. The Labute approximate surface area is 88.8 Å². The molecule has 84 valence electrons. The zero-order chi connectivity index (χ0) is 12.0. The van der Waals surface area contributed by atoms with E-state index >= 15 is 0 Å². The molecule has 0 heterocycles. The van der Waals surface area contributed by atoms with Crippen molar-refractivity contribution in [1.82, 2.24) is 0 Å². The SMILES string of the molecule is Cc1c(C)c(S(=O)(=O)F)c(C)c(C)c1O. The maximum Gasteiger partial charge on any atom is 0.332 e. The van der Waals surface area contributed by atoms with Crippen LogP contribution in [0.1, 0.15) is 22.3 Å². The van der Waals surface area contributed by atoms with Crippen LogP contribution in [-0.4, -0.2) is 13.5 Å². The molecule has 0 saturated heterocycles. The molecule has 0 saturated carbocycles. The third kappa shape index (κ3) is 1.84. The van der Waals surface area contributed by atoms with Gasteiger partial charge in [-0.2, -0.15) is 8.42 Å². The van der Waals surface area contributed by atoms with E-state index in [1.165, 1.54) is 13.8 Å². The molecule has 1 rings (SSSR count). The molecule has 5 heteroatoms. The van der Waals surface area contributed by atoms with Crippen LogP contribution in [0.25, 0.3) is 0 Å². The molecule has 0 aliphatic carbocycles. The van der Waals surface area contributed by atoms with Crippen LogP contribution in [-0.2, 0) is 10.2 Å². The third-order valence-corrected chi connectivity index (χ3v) is 3.86. The first kappa shape index (κ1) is 12.0. The summed E-state index contributed by atoms with van der Waals surface area (Å²) in [4.78, 5) is -0.324. The Morgan fingerprint density at radius 3 is 1.53 bits per heavy atom. The van der Waals surface area contributed by atoms with Gasteiger partial charge < -0.3 is 5.11 Å². The number of phenols is 1. The summed E-state index contributed by atoms with van der Waals surface area (Å²) in [5.74, 6) is 0.0254. The summed E-state index contributed by atoms with van der Waals surface area (Å²) in [6, 6.07) is 0. The largest absolute Gasteiger partial charge is 0.507 e. The molecule has 3 nitrogen and oxygen atoms in total. The van der Waals surface area contributed by atoms with Gasteiger partial charge in [0.15, 0.2) is 0 Å². The second-order valence-corrected chi connectivity index (χ2v) is 4.90. The lowest BCUT2D eigenvalue weighted by atomic mass is 10.00. The summed E-state index contributed by atoms with van der Waals surface area (Å²) in [6.07, 6.45) is 0. The molecule has 0 radical (unpaired) electrons. The molecule has 0 aliphatic rings. The summed E-state index contributed by atoms with van der Waals surface area (Å²) < 4.78 is 34.9. The molecular formula is C10H13FO3S. The summed E-state index contributed by atoms with van der Waals surface area (Å²) >= 11 is 0. The molecule has 0 atom stereocenters. The maximum atomic E-state index is 13.0. The van der Waals surface area contributed by atoms with E-state index in [4.69, 9.17) is 0 Å². The minimum absolute atomic E-state index is 0.0254. The van der Waals surface area contributed by atoms with E-state index in [1.807, 2.05) is 0 Å². The van der Waals surface area contributed by atoms with E-state index < -0.39 is 10.2 Å². The highest BCUT2D eigenvalue weighted by molar-refractivity contribution is 7.86. The summed E-state index contributed by atoms with van der Waals surface area (Å²) in [6.45, 7) is 6.08. The van der Waals surface area contributed by atoms with Crippen molar-refractivity contribution in [1.29, 1.82) is 0 Å². The first-order chi connectivity index (χ1) is 6.68. The van der Waals surface area contributed by atoms with Crippen LogP contribution in [0.15, 0.2) is 4.90 Å². The molecular weight excluding hydrogens is 219 g/mol. The van der Waals surface area contributed by atoms with Crippen molar-refractivity contribution >= 4 is 10.2 Å². The molecule has 0 aromatic heterocycles. The fourth-order valence-corrected chi connectivity index (χ4v) is 2.66. The Morgan fingerprint density at radius 2 is 1.27 bits per heavy atom. The maximum absolute atomic E-state index is 13.0. The van der Waals surface area contributed by atoms with Crippen LogP contribution in [0, 0.1) is 27.7 Å². The Morgan fingerprint density at radius 1 is 0.933 bits per heavy atom. The molecule has 0 aliphatic heterocycles. The highest BCUT2D eigenvalue weighted by atomic mass is 32.3. The minimum atomic E-state index is -4.74. The van der Waals surface area contributed by atoms with Gasteiger partial charge in [-0.1, -0.05) is 0 Å². The monoisotopic (exact) mass is 232 g/mol. The van der Waals surface area contributed by atoms with Gasteiger partial charge in [0.05, 0.1) is 0 Å². The minimum Gasteiger partial charge on any atom is -0.507 e. The van der Waals surface area contributed by atoms with E-state index in [0.29, 0.717) is 11.1 Å². The van der Waals surface area contributed by atoms with Crippen LogP contribution < -0.4 is 0 Å². The lowest BCUT2D eigenvalue weighted by Gasteiger charge is -2.14. The zero-order valence-electron chi connectivity index (χ0n) is 9.05. The molecule has 1 aromatic carbocycles. The van der Waals surface area contributed by atoms with Gasteiger partial charge in [0, 0.05) is 0 Å². The summed E-state index contributed by atoms with van der Waals surface area (Å²) in [5, 5.41) is 9.64. The molecule has 0 amide bonds. The van der Waals surface area contributed by atoms with Gasteiger partial charge >= 0.3 is 10.2 Å².